The standard InChI is InChI=1S/C12H14ClNO3/c1-17-12(16)7-4-9-2-5-10(6-3-9)14-11(15)8-13/h2-3,5-6H,4,7-8H2,1H3,(H,14,15). The first-order valence-corrected chi connectivity index (χ1v) is 5.70. The SMILES string of the molecule is COC(=O)CCc1ccc(NC(=O)CCl)cc1. The van der Waals surface area contributed by atoms with E-state index in [0.29, 0.717) is 18.5 Å². The van der Waals surface area contributed by atoms with Crippen LogP contribution in [0.25, 0.3) is 0 Å². The zero-order valence-corrected chi connectivity index (χ0v) is 10.3. The van der Waals surface area contributed by atoms with E-state index < -0.39 is 0 Å². The van der Waals surface area contributed by atoms with Crippen molar-refractivity contribution < 1.29 is 14.3 Å². The summed E-state index contributed by atoms with van der Waals surface area (Å²) >= 11 is 5.37. The van der Waals surface area contributed by atoms with Gasteiger partial charge in [-0.25, -0.2) is 0 Å². The molecule has 0 heterocycles. The van der Waals surface area contributed by atoms with E-state index in [0.717, 1.165) is 5.56 Å². The van der Waals surface area contributed by atoms with Gasteiger partial charge < -0.3 is 10.1 Å². The van der Waals surface area contributed by atoms with E-state index in [-0.39, 0.29) is 17.8 Å². The average molecular weight is 256 g/mol. The van der Waals surface area contributed by atoms with E-state index in [4.69, 9.17) is 11.6 Å². The summed E-state index contributed by atoms with van der Waals surface area (Å²) < 4.78 is 4.55. The van der Waals surface area contributed by atoms with Crippen LogP contribution in [0, 0.1) is 0 Å². The highest BCUT2D eigenvalue weighted by atomic mass is 35.5. The van der Waals surface area contributed by atoms with E-state index in [1.807, 2.05) is 12.1 Å². The van der Waals surface area contributed by atoms with Gasteiger partial charge in [-0.3, -0.25) is 9.59 Å². The van der Waals surface area contributed by atoms with Crippen molar-refractivity contribution in [3.63, 3.8) is 0 Å². The van der Waals surface area contributed by atoms with Gasteiger partial charge >= 0.3 is 5.97 Å². The number of rotatable bonds is 5. The summed E-state index contributed by atoms with van der Waals surface area (Å²) in [5.41, 5.74) is 1.71. The molecule has 5 heteroatoms. The largest absolute Gasteiger partial charge is 0.469 e. The smallest absolute Gasteiger partial charge is 0.305 e. The normalized spacial score (nSPS) is 9.76. The molecule has 92 valence electrons. The number of methoxy groups -OCH3 is 1. The van der Waals surface area contributed by atoms with Gasteiger partial charge in [0.2, 0.25) is 5.91 Å². The Morgan fingerprint density at radius 3 is 2.47 bits per heavy atom. The number of hydrogen-bond donors (Lipinski definition) is 1. The molecular formula is C12H14ClNO3. The molecule has 1 amide bonds. The molecule has 0 radical (unpaired) electrons. The van der Waals surface area contributed by atoms with Crippen molar-refractivity contribution in [2.45, 2.75) is 12.8 Å². The van der Waals surface area contributed by atoms with Crippen LogP contribution in [-0.4, -0.2) is 24.9 Å². The highest BCUT2D eigenvalue weighted by molar-refractivity contribution is 6.29. The monoisotopic (exact) mass is 255 g/mol. The minimum Gasteiger partial charge on any atom is -0.469 e. The van der Waals surface area contributed by atoms with Crippen LogP contribution in [0.4, 0.5) is 5.69 Å². The van der Waals surface area contributed by atoms with Gasteiger partial charge in [0.05, 0.1) is 7.11 Å². The van der Waals surface area contributed by atoms with Gasteiger partial charge in [-0.1, -0.05) is 12.1 Å². The van der Waals surface area contributed by atoms with Gasteiger partial charge in [-0.05, 0) is 24.1 Å². The lowest BCUT2D eigenvalue weighted by molar-refractivity contribution is -0.140. The molecule has 1 aromatic rings. The van der Waals surface area contributed by atoms with E-state index in [1.54, 1.807) is 12.1 Å². The molecule has 0 spiro atoms. The zero-order chi connectivity index (χ0) is 12.7. The number of ether oxygens (including phenoxy) is 1. The Labute approximate surface area is 105 Å². The van der Waals surface area contributed by atoms with Gasteiger partial charge in [-0.15, -0.1) is 11.6 Å². The van der Waals surface area contributed by atoms with Crippen LogP contribution < -0.4 is 5.32 Å². The number of anilines is 1. The fraction of sp³-hybridized carbons (Fsp3) is 0.333. The molecule has 17 heavy (non-hydrogen) atoms. The van der Waals surface area contributed by atoms with Crippen molar-refractivity contribution in [1.82, 2.24) is 0 Å². The Morgan fingerprint density at radius 1 is 1.29 bits per heavy atom. The molecule has 1 N–H and O–H groups in total. The molecular weight excluding hydrogens is 242 g/mol. The minimum absolute atomic E-state index is 0.0654. The van der Waals surface area contributed by atoms with Crippen molar-refractivity contribution in [2.75, 3.05) is 18.3 Å². The third-order valence-corrected chi connectivity index (χ3v) is 2.45. The highest BCUT2D eigenvalue weighted by Gasteiger charge is 2.02. The first-order valence-electron chi connectivity index (χ1n) is 5.17. The van der Waals surface area contributed by atoms with Crippen molar-refractivity contribution in [1.29, 1.82) is 0 Å². The molecule has 1 rings (SSSR count). The molecule has 1 aromatic carbocycles. The molecule has 0 atom stereocenters. The molecule has 0 aliphatic rings. The number of hydrogen-bond acceptors (Lipinski definition) is 3. The number of esters is 1. The van der Waals surface area contributed by atoms with Crippen molar-refractivity contribution in [3.05, 3.63) is 29.8 Å². The lowest BCUT2D eigenvalue weighted by Gasteiger charge is -2.04. The van der Waals surface area contributed by atoms with Crippen LogP contribution in [0.15, 0.2) is 24.3 Å². The van der Waals surface area contributed by atoms with Crippen LogP contribution in [0.5, 0.6) is 0 Å². The second-order valence-electron chi connectivity index (χ2n) is 3.45. The number of alkyl halides is 1. The third-order valence-electron chi connectivity index (χ3n) is 2.20. The molecule has 0 aliphatic heterocycles. The molecule has 0 saturated heterocycles. The summed E-state index contributed by atoms with van der Waals surface area (Å²) in [4.78, 5) is 22.0. The Kier molecular flexibility index (Phi) is 5.49. The number of aryl methyl sites for hydroxylation is 1. The van der Waals surface area contributed by atoms with Gasteiger partial charge in [0, 0.05) is 12.1 Å². The fourth-order valence-electron chi connectivity index (χ4n) is 1.30. The maximum Gasteiger partial charge on any atom is 0.305 e. The number of amides is 1. The van der Waals surface area contributed by atoms with Crippen molar-refractivity contribution in [3.8, 4) is 0 Å². The van der Waals surface area contributed by atoms with Gasteiger partial charge in [0.1, 0.15) is 5.88 Å². The van der Waals surface area contributed by atoms with Crippen LogP contribution in [-0.2, 0) is 20.7 Å². The van der Waals surface area contributed by atoms with E-state index in [2.05, 4.69) is 10.1 Å². The fourth-order valence-corrected chi connectivity index (χ4v) is 1.36. The Hall–Kier alpha value is -1.55. The first-order chi connectivity index (χ1) is 8.15. The Balaban J connectivity index is 2.50. The number of nitrogens with one attached hydrogen (secondary N) is 1. The summed E-state index contributed by atoms with van der Waals surface area (Å²) in [5.74, 6) is -0.539. The zero-order valence-electron chi connectivity index (χ0n) is 9.53. The number of carbonyl (C=O) groups is 2. The van der Waals surface area contributed by atoms with Crippen LogP contribution >= 0.6 is 11.6 Å². The van der Waals surface area contributed by atoms with E-state index in [1.165, 1.54) is 7.11 Å². The summed E-state index contributed by atoms with van der Waals surface area (Å²) in [6, 6.07) is 7.26. The van der Waals surface area contributed by atoms with Crippen LogP contribution in [0.1, 0.15) is 12.0 Å². The Morgan fingerprint density at radius 2 is 1.94 bits per heavy atom. The topological polar surface area (TPSA) is 55.4 Å². The van der Waals surface area contributed by atoms with Crippen LogP contribution in [0.3, 0.4) is 0 Å². The van der Waals surface area contributed by atoms with E-state index in [9.17, 15) is 9.59 Å². The average Bonchev–Trinajstić information content (AvgIpc) is 2.37. The third kappa shape index (κ3) is 4.87. The van der Waals surface area contributed by atoms with Crippen LogP contribution in [0.2, 0.25) is 0 Å². The molecule has 4 nitrogen and oxygen atoms in total. The lowest BCUT2D eigenvalue weighted by Crippen LogP contribution is -2.12. The number of benzene rings is 1. The molecule has 0 aromatic heterocycles. The predicted octanol–water partition coefficient (Wildman–Crippen LogP) is 1.97. The number of carbonyl (C=O) groups excluding carboxylic acids is 2. The molecule has 0 bridgehead atoms. The van der Waals surface area contributed by atoms with Gasteiger partial charge in [-0.2, -0.15) is 0 Å². The van der Waals surface area contributed by atoms with Gasteiger partial charge in [0.15, 0.2) is 0 Å². The minimum atomic E-state index is -0.242. The molecule has 0 unspecified atom stereocenters. The first kappa shape index (κ1) is 13.5. The summed E-state index contributed by atoms with van der Waals surface area (Å²) in [5, 5.41) is 2.63. The second-order valence-corrected chi connectivity index (χ2v) is 3.72. The summed E-state index contributed by atoms with van der Waals surface area (Å²) in [7, 11) is 1.37. The predicted molar refractivity (Wildman–Crippen MR) is 66.1 cm³/mol. The molecule has 0 aliphatic carbocycles. The van der Waals surface area contributed by atoms with E-state index >= 15 is 0 Å². The molecule has 0 saturated carbocycles. The molecule has 0 fully saturated rings. The summed E-state index contributed by atoms with van der Waals surface area (Å²) in [6.45, 7) is 0. The number of halogens is 1. The summed E-state index contributed by atoms with van der Waals surface area (Å²) in [6.07, 6.45) is 0.973. The maximum atomic E-state index is 11.0. The van der Waals surface area contributed by atoms with Crippen molar-refractivity contribution >= 4 is 29.2 Å². The lowest BCUT2D eigenvalue weighted by atomic mass is 10.1. The maximum absolute atomic E-state index is 11.0. The second kappa shape index (κ2) is 6.91. The quantitative estimate of drug-likeness (QED) is 0.647. The van der Waals surface area contributed by atoms with Crippen molar-refractivity contribution in [2.24, 2.45) is 0 Å². The Bertz CT molecular complexity index is 389. The highest BCUT2D eigenvalue weighted by Crippen LogP contribution is 2.11. The van der Waals surface area contributed by atoms with Gasteiger partial charge in [0.25, 0.3) is 0 Å².